The van der Waals surface area contributed by atoms with Crippen molar-refractivity contribution in [3.8, 4) is 5.75 Å². The number of carbonyl (C=O) groups excluding carboxylic acids is 1. The Labute approximate surface area is 233 Å². The predicted molar refractivity (Wildman–Crippen MR) is 157 cm³/mol. The van der Waals surface area contributed by atoms with E-state index >= 15 is 0 Å². The Bertz CT molecular complexity index is 1520. The van der Waals surface area contributed by atoms with Crippen LogP contribution in [0.3, 0.4) is 0 Å². The lowest BCUT2D eigenvalue weighted by Gasteiger charge is -2.24. The maximum atomic E-state index is 13.6. The molecule has 0 bridgehead atoms. The molecule has 0 fully saturated rings. The van der Waals surface area contributed by atoms with E-state index in [0.29, 0.717) is 23.6 Å². The molecule has 200 valence electrons. The van der Waals surface area contributed by atoms with E-state index in [4.69, 9.17) is 4.74 Å². The van der Waals surface area contributed by atoms with Crippen LogP contribution in [0.5, 0.6) is 5.75 Å². The van der Waals surface area contributed by atoms with Crippen molar-refractivity contribution >= 4 is 39.6 Å². The quantitative estimate of drug-likeness (QED) is 0.146. The molecule has 0 unspecified atom stereocenters. The molecular formula is C30H29N3O4S2. The Hall–Kier alpha value is -4.08. The smallest absolute Gasteiger partial charge is 0.264 e. The second-order valence-corrected chi connectivity index (χ2v) is 11.4. The molecule has 7 nitrogen and oxygen atoms in total. The summed E-state index contributed by atoms with van der Waals surface area (Å²) in [5.74, 6) is 0.0238. The van der Waals surface area contributed by atoms with E-state index in [9.17, 15) is 13.2 Å². The SMILES string of the molecule is CSc1ccc(S(=O)(=O)N(CC(=O)N/N=C\c2ccccc2OCc2ccccc2)c2ccc(C)cc2)cc1. The molecule has 0 saturated heterocycles. The number of nitrogens with one attached hydrogen (secondary N) is 1. The van der Waals surface area contributed by atoms with E-state index in [1.165, 1.54) is 18.0 Å². The maximum absolute atomic E-state index is 13.6. The molecule has 39 heavy (non-hydrogen) atoms. The summed E-state index contributed by atoms with van der Waals surface area (Å²) in [6.07, 6.45) is 3.39. The second-order valence-electron chi connectivity index (χ2n) is 8.63. The van der Waals surface area contributed by atoms with Gasteiger partial charge in [-0.25, -0.2) is 13.8 Å². The molecule has 0 saturated carbocycles. The number of sulfonamides is 1. The van der Waals surface area contributed by atoms with Crippen LogP contribution in [0.15, 0.2) is 118 Å². The first-order chi connectivity index (χ1) is 18.9. The van der Waals surface area contributed by atoms with E-state index in [0.717, 1.165) is 20.3 Å². The lowest BCUT2D eigenvalue weighted by Crippen LogP contribution is -2.39. The van der Waals surface area contributed by atoms with Crippen molar-refractivity contribution in [1.82, 2.24) is 5.43 Å². The van der Waals surface area contributed by atoms with Crippen LogP contribution >= 0.6 is 11.8 Å². The van der Waals surface area contributed by atoms with Crippen molar-refractivity contribution in [3.63, 3.8) is 0 Å². The zero-order chi connectivity index (χ0) is 27.7. The van der Waals surface area contributed by atoms with Gasteiger partial charge < -0.3 is 4.74 Å². The van der Waals surface area contributed by atoms with Gasteiger partial charge in [-0.3, -0.25) is 9.10 Å². The number of anilines is 1. The highest BCUT2D eigenvalue weighted by Crippen LogP contribution is 2.26. The maximum Gasteiger partial charge on any atom is 0.264 e. The van der Waals surface area contributed by atoms with Gasteiger partial charge in [0.15, 0.2) is 0 Å². The van der Waals surface area contributed by atoms with Gasteiger partial charge in [-0.15, -0.1) is 11.8 Å². The zero-order valence-electron chi connectivity index (χ0n) is 21.7. The first-order valence-corrected chi connectivity index (χ1v) is 14.8. The minimum atomic E-state index is -4.01. The van der Waals surface area contributed by atoms with Gasteiger partial charge in [0.1, 0.15) is 18.9 Å². The molecular weight excluding hydrogens is 530 g/mol. The van der Waals surface area contributed by atoms with Crippen LogP contribution in [0.2, 0.25) is 0 Å². The van der Waals surface area contributed by atoms with Crippen molar-refractivity contribution in [3.05, 3.63) is 120 Å². The summed E-state index contributed by atoms with van der Waals surface area (Å²) in [7, 11) is -4.01. The fraction of sp³-hybridized carbons (Fsp3) is 0.133. The van der Waals surface area contributed by atoms with Crippen LogP contribution in [0.25, 0.3) is 0 Å². The normalized spacial score (nSPS) is 11.3. The number of aryl methyl sites for hydroxylation is 1. The number of carbonyl (C=O) groups is 1. The van der Waals surface area contributed by atoms with Crippen LogP contribution in [-0.4, -0.2) is 33.3 Å². The highest BCUT2D eigenvalue weighted by Gasteiger charge is 2.27. The summed E-state index contributed by atoms with van der Waals surface area (Å²) >= 11 is 1.52. The van der Waals surface area contributed by atoms with Crippen LogP contribution in [0.1, 0.15) is 16.7 Å². The number of para-hydroxylation sites is 1. The van der Waals surface area contributed by atoms with Gasteiger partial charge in [-0.2, -0.15) is 5.10 Å². The van der Waals surface area contributed by atoms with Gasteiger partial charge in [0.25, 0.3) is 15.9 Å². The Kier molecular flexibility index (Phi) is 9.40. The van der Waals surface area contributed by atoms with Crippen LogP contribution in [-0.2, 0) is 21.4 Å². The standard InChI is InChI=1S/C30H29N3O4S2/c1-23-12-14-26(15-13-23)33(39(35,36)28-18-16-27(38-2)17-19-28)21-30(34)32-31-20-25-10-6-7-11-29(25)37-22-24-8-4-3-5-9-24/h3-20H,21-22H2,1-2H3,(H,32,34)/b31-20-. The molecule has 4 rings (SSSR count). The lowest BCUT2D eigenvalue weighted by atomic mass is 10.2. The Morgan fingerprint density at radius 2 is 1.59 bits per heavy atom. The van der Waals surface area contributed by atoms with Crippen LogP contribution in [0.4, 0.5) is 5.69 Å². The van der Waals surface area contributed by atoms with Gasteiger partial charge in [-0.05, 0) is 67.3 Å². The third kappa shape index (κ3) is 7.49. The molecule has 0 spiro atoms. The number of hydrogen-bond acceptors (Lipinski definition) is 6. The first-order valence-electron chi connectivity index (χ1n) is 12.2. The predicted octanol–water partition coefficient (Wildman–Crippen LogP) is 5.64. The minimum absolute atomic E-state index is 0.0988. The van der Waals surface area contributed by atoms with Crippen molar-refractivity contribution in [2.45, 2.75) is 23.3 Å². The number of ether oxygens (including phenoxy) is 1. The van der Waals surface area contributed by atoms with Crippen LogP contribution in [0, 0.1) is 6.92 Å². The highest BCUT2D eigenvalue weighted by molar-refractivity contribution is 7.98. The van der Waals surface area contributed by atoms with Crippen LogP contribution < -0.4 is 14.5 Å². The Morgan fingerprint density at radius 1 is 0.923 bits per heavy atom. The molecule has 0 atom stereocenters. The van der Waals surface area contributed by atoms with Gasteiger partial charge in [0.2, 0.25) is 0 Å². The fourth-order valence-electron chi connectivity index (χ4n) is 3.69. The molecule has 4 aromatic carbocycles. The van der Waals surface area contributed by atoms with Crippen molar-refractivity contribution < 1.29 is 17.9 Å². The third-order valence-corrected chi connectivity index (χ3v) is 8.34. The number of amides is 1. The van der Waals surface area contributed by atoms with E-state index in [1.807, 2.05) is 67.8 Å². The second kappa shape index (κ2) is 13.1. The minimum Gasteiger partial charge on any atom is -0.488 e. The number of hydrogen-bond donors (Lipinski definition) is 1. The highest BCUT2D eigenvalue weighted by atomic mass is 32.2. The van der Waals surface area contributed by atoms with Crippen molar-refractivity contribution in [2.24, 2.45) is 5.10 Å². The van der Waals surface area contributed by atoms with Gasteiger partial charge in [-0.1, -0.05) is 60.2 Å². The summed E-state index contributed by atoms with van der Waals surface area (Å²) in [5.41, 5.74) is 5.51. The molecule has 0 radical (unpaired) electrons. The van der Waals surface area contributed by atoms with Gasteiger partial charge in [0.05, 0.1) is 16.8 Å². The monoisotopic (exact) mass is 559 g/mol. The van der Waals surface area contributed by atoms with E-state index in [-0.39, 0.29) is 4.90 Å². The molecule has 1 N–H and O–H groups in total. The summed E-state index contributed by atoms with van der Waals surface area (Å²) < 4.78 is 34.1. The number of nitrogens with zero attached hydrogens (tertiary/aromatic N) is 2. The summed E-state index contributed by atoms with van der Waals surface area (Å²) in [6.45, 7) is 1.85. The number of thioether (sulfide) groups is 1. The molecule has 0 aliphatic rings. The average molecular weight is 560 g/mol. The van der Waals surface area contributed by atoms with E-state index < -0.39 is 22.5 Å². The molecule has 0 heterocycles. The summed E-state index contributed by atoms with van der Waals surface area (Å²) in [4.78, 5) is 13.9. The summed E-state index contributed by atoms with van der Waals surface area (Å²) in [6, 6.07) is 30.7. The molecule has 4 aromatic rings. The molecule has 1 amide bonds. The number of hydrazone groups is 1. The Balaban J connectivity index is 1.49. The van der Waals surface area contributed by atoms with Crippen molar-refractivity contribution in [2.75, 3.05) is 17.1 Å². The number of rotatable bonds is 11. The molecule has 0 aliphatic carbocycles. The van der Waals surface area contributed by atoms with E-state index in [1.54, 1.807) is 48.5 Å². The van der Waals surface area contributed by atoms with Gasteiger partial charge in [0, 0.05) is 10.5 Å². The molecule has 9 heteroatoms. The number of benzene rings is 4. The Morgan fingerprint density at radius 3 is 2.28 bits per heavy atom. The first kappa shape index (κ1) is 27.9. The zero-order valence-corrected chi connectivity index (χ0v) is 23.3. The van der Waals surface area contributed by atoms with E-state index in [2.05, 4.69) is 10.5 Å². The lowest BCUT2D eigenvalue weighted by molar-refractivity contribution is -0.119. The van der Waals surface area contributed by atoms with Gasteiger partial charge >= 0.3 is 0 Å². The molecule has 0 aromatic heterocycles. The fourth-order valence-corrected chi connectivity index (χ4v) is 5.52. The van der Waals surface area contributed by atoms with Crippen molar-refractivity contribution in [1.29, 1.82) is 0 Å². The molecule has 0 aliphatic heterocycles. The average Bonchev–Trinajstić information content (AvgIpc) is 2.96. The summed E-state index contributed by atoms with van der Waals surface area (Å²) in [5, 5.41) is 4.07. The largest absolute Gasteiger partial charge is 0.488 e. The topological polar surface area (TPSA) is 88.1 Å². The third-order valence-electron chi connectivity index (χ3n) is 5.81.